The minimum atomic E-state index is 0.0195. The van der Waals surface area contributed by atoms with Gasteiger partial charge >= 0.3 is 0 Å². The van der Waals surface area contributed by atoms with Gasteiger partial charge in [-0.25, -0.2) is 0 Å². The number of aliphatic hydroxyl groups is 1. The molecule has 0 saturated carbocycles. The highest BCUT2D eigenvalue weighted by Gasteiger charge is 2.10. The predicted octanol–water partition coefficient (Wildman–Crippen LogP) is 2.45. The monoisotopic (exact) mass is 298 g/mol. The van der Waals surface area contributed by atoms with Gasteiger partial charge in [-0.1, -0.05) is 12.1 Å². The van der Waals surface area contributed by atoms with Gasteiger partial charge in [0.2, 0.25) is 0 Å². The number of halogens is 1. The number of rotatable bonds is 6. The number of nitrogens with two attached hydrogens (primary N) is 1. The predicted molar refractivity (Wildman–Crippen MR) is 76.2 cm³/mol. The lowest BCUT2D eigenvalue weighted by Gasteiger charge is -2.24. The van der Waals surface area contributed by atoms with E-state index in [-0.39, 0.29) is 12.6 Å². The van der Waals surface area contributed by atoms with Gasteiger partial charge in [0.25, 0.3) is 0 Å². The molecule has 0 bridgehead atoms. The summed E-state index contributed by atoms with van der Waals surface area (Å²) in [4.78, 5) is 2.06. The van der Waals surface area contributed by atoms with Gasteiger partial charge in [0.15, 0.2) is 0 Å². The summed E-state index contributed by atoms with van der Waals surface area (Å²) in [5.74, 6) is 0. The summed E-state index contributed by atoms with van der Waals surface area (Å²) in [6.07, 6.45) is 1.82. The van der Waals surface area contributed by atoms with Crippen LogP contribution in [0.15, 0.2) is 35.3 Å². The van der Waals surface area contributed by atoms with Crippen LogP contribution in [0.5, 0.6) is 0 Å². The van der Waals surface area contributed by atoms with Crippen molar-refractivity contribution in [3.05, 3.63) is 40.9 Å². The van der Waals surface area contributed by atoms with Gasteiger partial charge in [0.1, 0.15) is 0 Å². The molecule has 3 nitrogen and oxygen atoms in total. The summed E-state index contributed by atoms with van der Waals surface area (Å²) >= 11 is 3.54. The highest BCUT2D eigenvalue weighted by atomic mass is 79.9. The number of benzene rings is 1. The van der Waals surface area contributed by atoms with Crippen molar-refractivity contribution in [1.82, 2.24) is 0 Å². The highest BCUT2D eigenvalue weighted by Crippen LogP contribution is 2.28. The maximum atomic E-state index is 9.05. The molecule has 0 fully saturated rings. The molecule has 1 atom stereocenters. The van der Waals surface area contributed by atoms with Gasteiger partial charge in [-0.15, -0.1) is 6.58 Å². The van der Waals surface area contributed by atoms with E-state index in [2.05, 4.69) is 27.4 Å². The molecular weight excluding hydrogens is 280 g/mol. The Hall–Kier alpha value is -0.840. The van der Waals surface area contributed by atoms with Crippen LogP contribution in [0.4, 0.5) is 5.69 Å². The lowest BCUT2D eigenvalue weighted by Crippen LogP contribution is -2.27. The second-order valence-corrected chi connectivity index (χ2v) is 4.81. The summed E-state index contributed by atoms with van der Waals surface area (Å²) in [5.41, 5.74) is 7.97. The van der Waals surface area contributed by atoms with E-state index in [4.69, 9.17) is 10.8 Å². The van der Waals surface area contributed by atoms with Gasteiger partial charge < -0.3 is 15.7 Å². The number of hydrogen-bond donors (Lipinski definition) is 2. The molecule has 0 radical (unpaired) electrons. The third-order valence-electron chi connectivity index (χ3n) is 2.56. The fourth-order valence-electron chi connectivity index (χ4n) is 1.65. The van der Waals surface area contributed by atoms with Crippen LogP contribution in [0, 0.1) is 0 Å². The molecule has 0 saturated heterocycles. The second-order valence-electron chi connectivity index (χ2n) is 3.96. The quantitative estimate of drug-likeness (QED) is 0.793. The van der Waals surface area contributed by atoms with E-state index in [1.165, 1.54) is 0 Å². The first-order chi connectivity index (χ1) is 8.10. The van der Waals surface area contributed by atoms with Gasteiger partial charge in [-0.05, 0) is 40.5 Å². The van der Waals surface area contributed by atoms with E-state index >= 15 is 0 Å². The molecule has 0 heterocycles. The first-order valence-electron chi connectivity index (χ1n) is 5.62. The van der Waals surface area contributed by atoms with Crippen LogP contribution in [0.25, 0.3) is 0 Å². The fraction of sp³-hybridized carbons (Fsp3) is 0.385. The van der Waals surface area contributed by atoms with E-state index in [0.29, 0.717) is 13.1 Å². The fourth-order valence-corrected chi connectivity index (χ4v) is 2.30. The Kier molecular flexibility index (Phi) is 5.68. The summed E-state index contributed by atoms with van der Waals surface area (Å²) in [6.45, 7) is 7.09. The first kappa shape index (κ1) is 14.2. The smallest absolute Gasteiger partial charge is 0.0606 e. The minimum absolute atomic E-state index is 0.0195. The SMILES string of the molecule is C=CCN(CCO)c1ccc([C@H](C)N)cc1Br. The van der Waals surface area contributed by atoms with E-state index in [9.17, 15) is 0 Å². The average molecular weight is 299 g/mol. The molecule has 0 aromatic heterocycles. The zero-order valence-corrected chi connectivity index (χ0v) is 11.7. The van der Waals surface area contributed by atoms with E-state index in [1.54, 1.807) is 0 Å². The molecule has 0 aliphatic carbocycles. The molecule has 0 unspecified atom stereocenters. The standard InChI is InChI=1S/C13H19BrN2O/c1-3-6-16(7-8-17)13-5-4-11(10(2)15)9-12(13)14/h3-5,9-10,17H,1,6-8,15H2,2H3/t10-/m0/s1. The Balaban J connectivity index is 2.99. The summed E-state index contributed by atoms with van der Waals surface area (Å²) in [5, 5.41) is 9.05. The van der Waals surface area contributed by atoms with E-state index in [0.717, 1.165) is 15.7 Å². The molecule has 3 N–H and O–H groups in total. The number of aliphatic hydroxyl groups excluding tert-OH is 1. The number of nitrogens with zero attached hydrogens (tertiary/aromatic N) is 1. The Bertz CT molecular complexity index is 380. The Labute approximate surface area is 111 Å². The maximum Gasteiger partial charge on any atom is 0.0606 e. The van der Waals surface area contributed by atoms with Crippen LogP contribution in [0.1, 0.15) is 18.5 Å². The highest BCUT2D eigenvalue weighted by molar-refractivity contribution is 9.10. The van der Waals surface area contributed by atoms with Crippen LogP contribution in [0.3, 0.4) is 0 Å². The first-order valence-corrected chi connectivity index (χ1v) is 6.41. The largest absolute Gasteiger partial charge is 0.395 e. The molecule has 0 spiro atoms. The summed E-state index contributed by atoms with van der Waals surface area (Å²) in [6, 6.07) is 6.07. The summed E-state index contributed by atoms with van der Waals surface area (Å²) < 4.78 is 0.989. The molecule has 17 heavy (non-hydrogen) atoms. The number of anilines is 1. The third kappa shape index (κ3) is 3.84. The van der Waals surface area contributed by atoms with Crippen LogP contribution >= 0.6 is 15.9 Å². The molecule has 0 aliphatic heterocycles. The molecule has 94 valence electrons. The van der Waals surface area contributed by atoms with Crippen LogP contribution < -0.4 is 10.6 Å². The molecule has 1 aromatic rings. The lowest BCUT2D eigenvalue weighted by atomic mass is 10.1. The Morgan fingerprint density at radius 1 is 1.59 bits per heavy atom. The van der Waals surface area contributed by atoms with Gasteiger partial charge in [-0.3, -0.25) is 0 Å². The maximum absolute atomic E-state index is 9.05. The molecule has 4 heteroatoms. The normalized spacial score (nSPS) is 12.2. The average Bonchev–Trinajstić information content (AvgIpc) is 2.28. The number of hydrogen-bond acceptors (Lipinski definition) is 3. The van der Waals surface area contributed by atoms with E-state index < -0.39 is 0 Å². The van der Waals surface area contributed by atoms with Crippen molar-refractivity contribution in [3.63, 3.8) is 0 Å². The van der Waals surface area contributed by atoms with Crippen molar-refractivity contribution in [2.45, 2.75) is 13.0 Å². The van der Waals surface area contributed by atoms with Crippen LogP contribution in [-0.4, -0.2) is 24.8 Å². The zero-order chi connectivity index (χ0) is 12.8. The zero-order valence-electron chi connectivity index (χ0n) is 10.1. The lowest BCUT2D eigenvalue weighted by molar-refractivity contribution is 0.303. The van der Waals surface area contributed by atoms with E-state index in [1.807, 2.05) is 31.2 Å². The molecule has 1 aromatic carbocycles. The third-order valence-corrected chi connectivity index (χ3v) is 3.19. The molecule has 0 aliphatic rings. The molecule has 1 rings (SSSR count). The topological polar surface area (TPSA) is 49.5 Å². The van der Waals surface area contributed by atoms with Crippen LogP contribution in [0.2, 0.25) is 0 Å². The van der Waals surface area contributed by atoms with Gasteiger partial charge in [0, 0.05) is 23.6 Å². The van der Waals surface area contributed by atoms with Crippen molar-refractivity contribution in [2.24, 2.45) is 5.73 Å². The molecule has 0 amide bonds. The Morgan fingerprint density at radius 3 is 2.76 bits per heavy atom. The summed E-state index contributed by atoms with van der Waals surface area (Å²) in [7, 11) is 0. The second kappa shape index (κ2) is 6.79. The van der Waals surface area contributed by atoms with Crippen molar-refractivity contribution >= 4 is 21.6 Å². The Morgan fingerprint density at radius 2 is 2.29 bits per heavy atom. The van der Waals surface area contributed by atoms with Crippen molar-refractivity contribution in [3.8, 4) is 0 Å². The van der Waals surface area contributed by atoms with Gasteiger partial charge in [0.05, 0.1) is 12.3 Å². The van der Waals surface area contributed by atoms with Crippen molar-refractivity contribution < 1.29 is 5.11 Å². The van der Waals surface area contributed by atoms with Crippen LogP contribution in [-0.2, 0) is 0 Å². The molecular formula is C13H19BrN2O. The van der Waals surface area contributed by atoms with Gasteiger partial charge in [-0.2, -0.15) is 0 Å². The van der Waals surface area contributed by atoms with Crippen molar-refractivity contribution in [1.29, 1.82) is 0 Å². The van der Waals surface area contributed by atoms with Crippen molar-refractivity contribution in [2.75, 3.05) is 24.6 Å². The minimum Gasteiger partial charge on any atom is -0.395 e.